The molecule has 121 heavy (non-hydrogen) atoms. The first-order valence-electron chi connectivity index (χ1n) is 31.3. The van der Waals surface area contributed by atoms with Crippen molar-refractivity contribution < 1.29 is 229 Å². The van der Waals surface area contributed by atoms with Gasteiger partial charge in [-0.05, 0) is 0 Å². The highest BCUT2D eigenvalue weighted by atomic mass is 31.3. The molecule has 8 aromatic heterocycles. The summed E-state index contributed by atoms with van der Waals surface area (Å²) in [5.41, 5.74) is 24.4. The number of rotatable bonds is 32. The van der Waals surface area contributed by atoms with Crippen LogP contribution in [0.1, 0.15) is 44.2 Å². The molecular formula is C40H62F2N20O47P12. The van der Waals surface area contributed by atoms with Crippen molar-refractivity contribution >= 4 is 162 Å². The highest BCUT2D eigenvalue weighted by Gasteiger charge is 2.51. The standard InChI is InChI=1S/C10H15FN5O12P3.C10H15FN5O11P3.2C10H16N5O12P3/c11-5-7(17)4(1-25-30(21,22)28-31(23,24)27-29(18,19)20)26-10(5)16-3-15-6-8(12)13-2-14-9(6)16;11-6-1-5(2-24-29(20,21)27-30(22,23)26-28(17,18)19)25-10(6)16-4-15-7-8(12)13-3-14-9(7)16;11-9-8-10(13-3-12-9)15(4-14-8)7-1-5(16)6(25-7)2-24-29(20,21)27-30(22,23)26-28(17,18)19;11-8-7-9(13-3-12-8)15(4-14-7)10-6(16)1-5(25-10)2-24-29(20,21)27-30(22,23)26-28(17,18)19/h2-5,7,10,17H,1H2,(H,21,22)(H,23,24)(H2,12,13,14)(H2,18,19,20);3-6,10H,1-2H2,(H,20,21)(H,22,23)(H2,12,13,14)(H2,17,18,19);3-7,16H,1-2H2,(H,20,21)(H,22,23)(H2,11,12,13)(H2,17,18,19);3-6,10,16H,1-2H2,(H,20,21)(H,22,23)(H2,11,12,13)(H2,17,18,19). The molecule has 8 aromatic rings. The Morgan fingerprint density at radius 3 is 0.992 bits per heavy atom. The van der Waals surface area contributed by atoms with Crippen molar-refractivity contribution in [1.29, 1.82) is 0 Å². The van der Waals surface area contributed by atoms with Crippen molar-refractivity contribution in [1.82, 2.24) is 78.1 Å². The second-order valence-corrected chi connectivity index (χ2v) is 41.3. The van der Waals surface area contributed by atoms with E-state index in [0.717, 1.165) is 23.5 Å². The number of hydrogen-bond donors (Lipinski definition) is 23. The smallest absolute Gasteiger partial charge is 0.390 e. The largest absolute Gasteiger partial charge is 0.490 e. The van der Waals surface area contributed by atoms with Crippen molar-refractivity contribution in [2.75, 3.05) is 49.4 Å². The molecule has 0 bridgehead atoms. The fourth-order valence-corrected chi connectivity index (χ4v) is 22.6. The number of nitrogens with zero attached hydrogens (tertiary/aromatic N) is 16. The van der Waals surface area contributed by atoms with Gasteiger partial charge >= 0.3 is 93.9 Å². The Bertz CT molecular complexity index is 5520. The van der Waals surface area contributed by atoms with Crippen molar-refractivity contribution in [2.45, 2.75) is 99.2 Å². The molecular weight excluding hydrogens is 1920 g/mol. The van der Waals surface area contributed by atoms with Crippen LogP contribution in [0.15, 0.2) is 50.6 Å². The van der Waals surface area contributed by atoms with Gasteiger partial charge in [-0.25, -0.2) is 123 Å². The number of hydrogen-bond acceptors (Lipinski definition) is 47. The Hall–Kier alpha value is -5.38. The number of halogens is 2. The highest BCUT2D eigenvalue weighted by molar-refractivity contribution is 7.68. The zero-order valence-corrected chi connectivity index (χ0v) is 69.3. The van der Waals surface area contributed by atoms with Crippen molar-refractivity contribution in [3.8, 4) is 0 Å². The summed E-state index contributed by atoms with van der Waals surface area (Å²) in [5.74, 6) is 0.301. The number of nitrogens with two attached hydrogens (primary N) is 4. The minimum atomic E-state index is -5.73. The van der Waals surface area contributed by atoms with Crippen LogP contribution >= 0.6 is 93.9 Å². The maximum atomic E-state index is 14.6. The van der Waals surface area contributed by atoms with E-state index in [1.165, 1.54) is 45.3 Å². The normalized spacial score (nSPS) is 27.0. The van der Waals surface area contributed by atoms with E-state index in [-0.39, 0.29) is 76.0 Å². The lowest BCUT2D eigenvalue weighted by molar-refractivity contribution is -0.0481. The van der Waals surface area contributed by atoms with Crippen LogP contribution in [-0.2, 0) is 126 Å². The molecule has 81 heteroatoms. The molecule has 4 aliphatic rings. The Morgan fingerprint density at radius 2 is 0.636 bits per heavy atom. The van der Waals surface area contributed by atoms with E-state index in [1.54, 1.807) is 0 Å². The van der Waals surface area contributed by atoms with Gasteiger partial charge in [0.1, 0.15) is 84.2 Å². The molecule has 12 heterocycles. The molecule has 0 spiro atoms. The molecule has 67 nitrogen and oxygen atoms in total. The molecule has 678 valence electrons. The lowest BCUT2D eigenvalue weighted by atomic mass is 10.1. The van der Waals surface area contributed by atoms with Gasteiger partial charge in [0.05, 0.1) is 70.0 Å². The summed E-state index contributed by atoms with van der Waals surface area (Å²) in [5, 5.41) is 30.4. The predicted octanol–water partition coefficient (Wildman–Crippen LogP) is -1.47. The van der Waals surface area contributed by atoms with Crippen LogP contribution in [0, 0.1) is 0 Å². The van der Waals surface area contributed by atoms with Gasteiger partial charge in [-0.3, -0.25) is 36.4 Å². The van der Waals surface area contributed by atoms with Crippen LogP contribution in [0.2, 0.25) is 0 Å². The number of fused-ring (bicyclic) bond motifs is 4. The fourth-order valence-electron chi connectivity index (χ4n) is 10.4. The molecule has 0 aromatic carbocycles. The van der Waals surface area contributed by atoms with E-state index in [4.69, 9.17) is 101 Å². The predicted molar refractivity (Wildman–Crippen MR) is 376 cm³/mol. The number of phosphoric ester groups is 4. The van der Waals surface area contributed by atoms with Gasteiger partial charge in [-0.15, -0.1) is 0 Å². The monoisotopic (exact) mass is 1980 g/mol. The van der Waals surface area contributed by atoms with Crippen LogP contribution in [0.25, 0.3) is 44.7 Å². The van der Waals surface area contributed by atoms with Crippen molar-refractivity contribution in [3.63, 3.8) is 0 Å². The quantitative estimate of drug-likeness (QED) is 0.0214. The summed E-state index contributed by atoms with van der Waals surface area (Å²) in [6.07, 6.45) is -8.14. The van der Waals surface area contributed by atoms with Gasteiger partial charge in [0.2, 0.25) is 0 Å². The first kappa shape index (κ1) is 99.4. The minimum Gasteiger partial charge on any atom is -0.390 e. The summed E-state index contributed by atoms with van der Waals surface area (Å²) >= 11 is 0. The van der Waals surface area contributed by atoms with Crippen molar-refractivity contribution in [2.24, 2.45) is 0 Å². The number of anilines is 4. The van der Waals surface area contributed by atoms with E-state index in [0.29, 0.717) is 11.2 Å². The van der Waals surface area contributed by atoms with Crippen LogP contribution in [0.4, 0.5) is 32.1 Å². The number of aliphatic hydroxyl groups is 3. The molecule has 0 aliphatic carbocycles. The van der Waals surface area contributed by atoms with Gasteiger partial charge in [0.25, 0.3) is 0 Å². The van der Waals surface area contributed by atoms with Crippen molar-refractivity contribution in [3.05, 3.63) is 50.6 Å². The van der Waals surface area contributed by atoms with Gasteiger partial charge in [-0.1, -0.05) is 0 Å². The van der Waals surface area contributed by atoms with Gasteiger partial charge in [0.15, 0.2) is 70.7 Å². The Balaban J connectivity index is 0.000000183. The topological polar surface area (TPSA) is 1020 Å². The molecule has 4 fully saturated rings. The number of nitrogen functional groups attached to an aromatic ring is 4. The number of ether oxygens (including phenoxy) is 4. The Kier molecular flexibility index (Phi) is 31.4. The maximum absolute atomic E-state index is 14.6. The van der Waals surface area contributed by atoms with Crippen LogP contribution in [0.5, 0.6) is 0 Å². The molecule has 0 amide bonds. The number of imidazole rings is 4. The number of alkyl halides is 2. The van der Waals surface area contributed by atoms with E-state index >= 15 is 0 Å². The second kappa shape index (κ2) is 38.3. The molecule has 0 saturated carbocycles. The maximum Gasteiger partial charge on any atom is 0.490 e. The lowest BCUT2D eigenvalue weighted by Gasteiger charge is -2.19. The van der Waals surface area contributed by atoms with E-state index in [1.807, 2.05) is 0 Å². The molecule has 12 rings (SSSR count). The zero-order chi connectivity index (χ0) is 90.1. The summed E-state index contributed by atoms with van der Waals surface area (Å²) < 4.78 is 237. The number of aliphatic hydroxyl groups excluding tert-OH is 3. The molecule has 21 unspecified atom stereocenters. The lowest BCUT2D eigenvalue weighted by Crippen LogP contribution is -2.31. The fraction of sp³-hybridized carbons (Fsp3) is 0.500. The summed E-state index contributed by atoms with van der Waals surface area (Å²) in [6, 6.07) is 0. The second-order valence-electron chi connectivity index (χ2n) is 23.7. The zero-order valence-electron chi connectivity index (χ0n) is 58.6. The average Bonchev–Trinajstić information content (AvgIpc) is 1.75. The molecule has 4 saturated heterocycles. The van der Waals surface area contributed by atoms with E-state index in [9.17, 15) is 98.5 Å². The SMILES string of the molecule is Nc1ncnc2c1ncn2C1CC(O)C(COP(=O)(O)OP(=O)(O)OP(=O)(O)O)O1.Nc1ncnc2c1ncn2C1OC(COP(=O)(O)OP(=O)(O)OP(=O)(O)O)C(O)C1F.Nc1ncnc2c1ncn2C1OC(COP(=O)(O)OP(=O)(O)OP(=O)(O)O)CC1F.Nc1ncnc2c1ncn2C1OC(COP(=O)(O)OP(=O)(O)OP(=O)(O)O)CC1O. The number of aromatic nitrogens is 16. The molecule has 21 atom stereocenters. The van der Waals surface area contributed by atoms with E-state index in [2.05, 4.69) is 112 Å². The third-order valence-corrected chi connectivity index (χ3v) is 30.0. The van der Waals surface area contributed by atoms with Crippen LogP contribution < -0.4 is 22.9 Å². The number of phosphoric acid groups is 12. The first-order chi connectivity index (χ1) is 55.5. The summed E-state index contributed by atoms with van der Waals surface area (Å²) in [4.78, 5) is 189. The van der Waals surface area contributed by atoms with Crippen LogP contribution in [-0.4, -0.2) is 253 Å². The average molecular weight is 1980 g/mol. The molecule has 27 N–H and O–H groups in total. The molecule has 0 radical (unpaired) electrons. The minimum absolute atomic E-state index is 0.000206. The highest BCUT2D eigenvalue weighted by Crippen LogP contribution is 2.70. The van der Waals surface area contributed by atoms with Gasteiger partial charge in [0, 0.05) is 19.3 Å². The van der Waals surface area contributed by atoms with Gasteiger partial charge < -0.3 is 135 Å². The Labute approximate surface area is 665 Å². The molecule has 4 aliphatic heterocycles. The van der Waals surface area contributed by atoms with Gasteiger partial charge in [-0.2, -0.15) is 34.5 Å². The van der Waals surface area contributed by atoms with E-state index < -0.39 is 200 Å². The Morgan fingerprint density at radius 1 is 0.339 bits per heavy atom. The summed E-state index contributed by atoms with van der Waals surface area (Å²) in [6.45, 7) is -3.29. The van der Waals surface area contributed by atoms with Crippen LogP contribution in [0.3, 0.4) is 0 Å². The third kappa shape index (κ3) is 28.3. The first-order valence-corrected chi connectivity index (χ1v) is 49.4. The third-order valence-electron chi connectivity index (χ3n) is 14.8. The summed E-state index contributed by atoms with van der Waals surface area (Å²) in [7, 11) is -66.1.